The molecule has 0 spiro atoms. The molecule has 2 atom stereocenters. The first-order valence-electron chi connectivity index (χ1n) is 11.2. The van der Waals surface area contributed by atoms with Gasteiger partial charge in [0.25, 0.3) is 0 Å². The van der Waals surface area contributed by atoms with E-state index in [2.05, 4.69) is 103 Å². The first kappa shape index (κ1) is 21.4. The Bertz CT molecular complexity index is 1100. The molecule has 0 radical (unpaired) electrons. The Morgan fingerprint density at radius 2 is 1.57 bits per heavy atom. The first-order chi connectivity index (χ1) is 13.9. The van der Waals surface area contributed by atoms with Crippen molar-refractivity contribution in [3.8, 4) is 0 Å². The maximum atomic E-state index is 6.22. The summed E-state index contributed by atoms with van der Waals surface area (Å²) in [6.07, 6.45) is 4.90. The molecule has 1 heterocycles. The van der Waals surface area contributed by atoms with Crippen LogP contribution in [0.15, 0.2) is 57.2 Å². The molecule has 0 saturated carbocycles. The molecule has 0 fully saturated rings. The second-order valence-corrected chi connectivity index (χ2v) is 20.5. The molecule has 1 nitrogen and oxygen atoms in total. The molecule has 2 aliphatic rings. The lowest BCUT2D eigenvalue weighted by molar-refractivity contribution is 0.520. The molecule has 0 amide bonds. The normalized spacial score (nSPS) is 21.8. The highest BCUT2D eigenvalue weighted by Crippen LogP contribution is 2.52. The fourth-order valence-corrected chi connectivity index (χ4v) is 12.4. The summed E-state index contributed by atoms with van der Waals surface area (Å²) in [7, 11) is -3.32. The molecule has 3 heteroatoms. The Morgan fingerprint density at radius 3 is 2.10 bits per heavy atom. The van der Waals surface area contributed by atoms with Gasteiger partial charge in [0, 0.05) is 11.1 Å². The minimum Gasteiger partial charge on any atom is -0.462 e. The zero-order chi connectivity index (χ0) is 22.0. The van der Waals surface area contributed by atoms with Gasteiger partial charge in [-0.25, -0.2) is 0 Å². The van der Waals surface area contributed by atoms with E-state index < -0.39 is 16.1 Å². The van der Waals surface area contributed by atoms with Crippen LogP contribution in [0.1, 0.15) is 49.0 Å². The van der Waals surface area contributed by atoms with E-state index in [9.17, 15) is 0 Å². The summed E-state index contributed by atoms with van der Waals surface area (Å²) in [4.78, 5) is 0. The predicted molar refractivity (Wildman–Crippen MR) is 137 cm³/mol. The Labute approximate surface area is 184 Å². The fraction of sp³-hybridized carbons (Fsp3) is 0.407. The van der Waals surface area contributed by atoms with E-state index >= 15 is 0 Å². The molecule has 158 valence electrons. The number of benzene rings is 1. The number of hydrogen-bond donors (Lipinski definition) is 0. The van der Waals surface area contributed by atoms with Crippen LogP contribution in [0.25, 0.3) is 11.6 Å². The SMILES string of the molecule is CC1=CC(C)=C([Si](C)(C)C2C(c3ccc(C)o3)=Cc3c2cccc3[Si](C)(C)C)C1C. The Kier molecular flexibility index (Phi) is 5.06. The van der Waals surface area contributed by atoms with Crippen molar-refractivity contribution in [2.45, 2.75) is 66.0 Å². The monoisotopic (exact) mass is 432 g/mol. The highest BCUT2D eigenvalue weighted by atomic mass is 28.3. The van der Waals surface area contributed by atoms with E-state index in [-0.39, 0.29) is 0 Å². The topological polar surface area (TPSA) is 13.1 Å². The van der Waals surface area contributed by atoms with Gasteiger partial charge in [0.05, 0.1) is 16.1 Å². The zero-order valence-electron chi connectivity index (χ0n) is 20.1. The molecule has 2 aliphatic carbocycles. The average molecular weight is 433 g/mol. The van der Waals surface area contributed by atoms with E-state index in [1.807, 2.05) is 0 Å². The summed E-state index contributed by atoms with van der Waals surface area (Å²) < 4.78 is 6.22. The van der Waals surface area contributed by atoms with Gasteiger partial charge in [-0.2, -0.15) is 0 Å². The van der Waals surface area contributed by atoms with Crippen molar-refractivity contribution in [3.63, 3.8) is 0 Å². The minimum atomic E-state index is -1.86. The second-order valence-electron chi connectivity index (χ2n) is 10.9. The number of allylic oxidation sites excluding steroid dienone is 5. The van der Waals surface area contributed by atoms with E-state index in [0.29, 0.717) is 11.5 Å². The van der Waals surface area contributed by atoms with Crippen LogP contribution in [-0.4, -0.2) is 16.1 Å². The molecule has 0 saturated heterocycles. The zero-order valence-corrected chi connectivity index (χ0v) is 22.1. The number of furan rings is 1. The minimum absolute atomic E-state index is 0.432. The molecule has 4 rings (SSSR count). The third kappa shape index (κ3) is 3.27. The van der Waals surface area contributed by atoms with Crippen LogP contribution in [0.2, 0.25) is 32.7 Å². The molecular formula is C27H36OSi2. The summed E-state index contributed by atoms with van der Waals surface area (Å²) in [6.45, 7) is 21.6. The predicted octanol–water partition coefficient (Wildman–Crippen LogP) is 7.47. The van der Waals surface area contributed by atoms with Gasteiger partial charge in [-0.1, -0.05) is 85.5 Å². The third-order valence-electron chi connectivity index (χ3n) is 7.30. The number of aryl methyl sites for hydroxylation is 1. The highest BCUT2D eigenvalue weighted by molar-refractivity contribution is 6.90. The van der Waals surface area contributed by atoms with Crippen LogP contribution in [0, 0.1) is 12.8 Å². The standard InChI is InChI=1S/C27H36OSi2/c1-17-15-18(2)26(20(17)4)30(8,9)27-21-11-10-12-25(29(5,6)7)22(21)16-23(27)24-14-13-19(3)28-24/h10-16,20,27H,1-9H3. The van der Waals surface area contributed by atoms with Crippen LogP contribution in [0.3, 0.4) is 0 Å². The van der Waals surface area contributed by atoms with Crippen molar-refractivity contribution in [2.24, 2.45) is 5.92 Å². The lowest BCUT2D eigenvalue weighted by Gasteiger charge is -2.37. The molecular weight excluding hydrogens is 396 g/mol. The van der Waals surface area contributed by atoms with Crippen LogP contribution < -0.4 is 5.19 Å². The van der Waals surface area contributed by atoms with Gasteiger partial charge in [0.2, 0.25) is 0 Å². The quantitative estimate of drug-likeness (QED) is 0.457. The largest absolute Gasteiger partial charge is 0.462 e. The number of hydrogen-bond acceptors (Lipinski definition) is 1. The lowest BCUT2D eigenvalue weighted by Crippen LogP contribution is -2.42. The number of rotatable bonds is 4. The van der Waals surface area contributed by atoms with Crippen molar-refractivity contribution in [1.82, 2.24) is 0 Å². The fourth-order valence-electron chi connectivity index (χ4n) is 5.97. The molecule has 30 heavy (non-hydrogen) atoms. The van der Waals surface area contributed by atoms with E-state index in [1.54, 1.807) is 10.4 Å². The van der Waals surface area contributed by atoms with Crippen molar-refractivity contribution < 1.29 is 4.42 Å². The van der Waals surface area contributed by atoms with Crippen molar-refractivity contribution >= 4 is 33.0 Å². The first-order valence-corrected chi connectivity index (χ1v) is 17.8. The summed E-state index contributed by atoms with van der Waals surface area (Å²) >= 11 is 0. The molecule has 0 bridgehead atoms. The highest BCUT2D eigenvalue weighted by Gasteiger charge is 2.46. The number of fused-ring (bicyclic) bond motifs is 1. The van der Waals surface area contributed by atoms with Gasteiger partial charge < -0.3 is 4.42 Å². The van der Waals surface area contributed by atoms with E-state index in [0.717, 1.165) is 11.5 Å². The molecule has 0 N–H and O–H groups in total. The summed E-state index contributed by atoms with van der Waals surface area (Å²) in [5, 5.41) is 3.29. The molecule has 1 aromatic heterocycles. The lowest BCUT2D eigenvalue weighted by atomic mass is 10.1. The van der Waals surface area contributed by atoms with Crippen LogP contribution in [0.4, 0.5) is 0 Å². The smallest absolute Gasteiger partial charge is 0.130 e. The van der Waals surface area contributed by atoms with Crippen molar-refractivity contribution in [2.75, 3.05) is 0 Å². The second kappa shape index (κ2) is 7.10. The summed E-state index contributed by atoms with van der Waals surface area (Å²) in [5.74, 6) is 2.60. The van der Waals surface area contributed by atoms with E-state index in [4.69, 9.17) is 4.42 Å². The van der Waals surface area contributed by atoms with Gasteiger partial charge in [-0.05, 0) is 56.0 Å². The average Bonchev–Trinajstić information content (AvgIpc) is 3.29. The molecule has 2 aromatic rings. The Balaban J connectivity index is 1.95. The molecule has 1 aromatic carbocycles. The maximum Gasteiger partial charge on any atom is 0.130 e. The van der Waals surface area contributed by atoms with Gasteiger partial charge in [0.1, 0.15) is 11.5 Å². The van der Waals surface area contributed by atoms with Gasteiger partial charge in [0.15, 0.2) is 0 Å². The Morgan fingerprint density at radius 1 is 0.867 bits per heavy atom. The van der Waals surface area contributed by atoms with Crippen LogP contribution in [0.5, 0.6) is 0 Å². The van der Waals surface area contributed by atoms with Gasteiger partial charge in [-0.3, -0.25) is 0 Å². The summed E-state index contributed by atoms with van der Waals surface area (Å²) in [5.41, 5.74) is 7.86. The van der Waals surface area contributed by atoms with E-state index in [1.165, 1.54) is 27.8 Å². The van der Waals surface area contributed by atoms with Crippen LogP contribution in [-0.2, 0) is 0 Å². The van der Waals surface area contributed by atoms with Crippen molar-refractivity contribution in [1.29, 1.82) is 0 Å². The summed E-state index contributed by atoms with van der Waals surface area (Å²) in [6, 6.07) is 11.4. The van der Waals surface area contributed by atoms with Crippen molar-refractivity contribution in [3.05, 3.63) is 75.4 Å². The Hall–Kier alpha value is -1.85. The molecule has 2 unspecified atom stereocenters. The maximum absolute atomic E-state index is 6.22. The van der Waals surface area contributed by atoms with Crippen LogP contribution >= 0.6 is 0 Å². The van der Waals surface area contributed by atoms with Gasteiger partial charge >= 0.3 is 0 Å². The third-order valence-corrected chi connectivity index (χ3v) is 13.6. The van der Waals surface area contributed by atoms with Gasteiger partial charge in [-0.15, -0.1) is 0 Å². The molecule has 0 aliphatic heterocycles.